The number of pyridine rings is 1. The van der Waals surface area contributed by atoms with E-state index in [2.05, 4.69) is 20.3 Å². The molecule has 3 aromatic rings. The van der Waals surface area contributed by atoms with E-state index in [-0.39, 0.29) is 5.78 Å². The molecule has 6 heteroatoms. The first-order valence-corrected chi connectivity index (χ1v) is 7.36. The van der Waals surface area contributed by atoms with Gasteiger partial charge in [-0.15, -0.1) is 0 Å². The predicted octanol–water partition coefficient (Wildman–Crippen LogP) is 3.37. The molecule has 0 saturated carbocycles. The van der Waals surface area contributed by atoms with Crippen LogP contribution in [0.1, 0.15) is 21.5 Å². The molecule has 2 aromatic heterocycles. The van der Waals surface area contributed by atoms with Gasteiger partial charge < -0.3 is 5.32 Å². The molecule has 114 valence electrons. The maximum absolute atomic E-state index is 12.4. The highest BCUT2D eigenvalue weighted by Gasteiger charge is 2.13. The number of ketones is 1. The second-order valence-electron chi connectivity index (χ2n) is 4.82. The molecule has 1 aromatic carbocycles. The fraction of sp³-hybridized carbons (Fsp3) is 0.0588. The van der Waals surface area contributed by atoms with Crippen LogP contribution in [0.15, 0.2) is 61.2 Å². The monoisotopic (exact) mass is 324 g/mol. The van der Waals surface area contributed by atoms with E-state index in [1.165, 1.54) is 12.4 Å². The second kappa shape index (κ2) is 6.98. The molecule has 23 heavy (non-hydrogen) atoms. The van der Waals surface area contributed by atoms with E-state index >= 15 is 0 Å². The summed E-state index contributed by atoms with van der Waals surface area (Å²) in [5, 5.41) is 3.49. The first-order valence-electron chi connectivity index (χ1n) is 6.98. The summed E-state index contributed by atoms with van der Waals surface area (Å²) in [7, 11) is 0. The van der Waals surface area contributed by atoms with Gasteiger partial charge in [-0.05, 0) is 23.8 Å². The molecule has 1 N–H and O–H groups in total. The van der Waals surface area contributed by atoms with Crippen molar-refractivity contribution in [1.29, 1.82) is 0 Å². The molecule has 0 fully saturated rings. The first kappa shape index (κ1) is 15.1. The highest BCUT2D eigenvalue weighted by Crippen LogP contribution is 2.18. The second-order valence-corrected chi connectivity index (χ2v) is 5.23. The minimum absolute atomic E-state index is 0.200. The zero-order chi connectivity index (χ0) is 16.1. The average molecular weight is 325 g/mol. The van der Waals surface area contributed by atoms with Crippen LogP contribution >= 0.6 is 11.6 Å². The molecular weight excluding hydrogens is 312 g/mol. The van der Waals surface area contributed by atoms with Gasteiger partial charge in [-0.25, -0.2) is 9.97 Å². The largest absolute Gasteiger partial charge is 0.350 e. The Bertz CT molecular complexity index is 806. The van der Waals surface area contributed by atoms with Crippen LogP contribution in [-0.2, 0) is 6.54 Å². The zero-order valence-electron chi connectivity index (χ0n) is 12.1. The number of carbonyl (C=O) groups excluding carboxylic acids is 1. The molecule has 0 aliphatic heterocycles. The maximum Gasteiger partial charge on any atom is 0.222 e. The van der Waals surface area contributed by atoms with Gasteiger partial charge in [0.25, 0.3) is 0 Å². The van der Waals surface area contributed by atoms with Gasteiger partial charge in [0.1, 0.15) is 0 Å². The van der Waals surface area contributed by atoms with Gasteiger partial charge in [-0.3, -0.25) is 9.78 Å². The number of benzene rings is 1. The first-order chi connectivity index (χ1) is 11.2. The molecule has 0 spiro atoms. The Kier molecular flexibility index (Phi) is 4.59. The summed E-state index contributed by atoms with van der Waals surface area (Å²) >= 11 is 6.04. The Morgan fingerprint density at radius 1 is 1.04 bits per heavy atom. The van der Waals surface area contributed by atoms with E-state index in [0.717, 1.165) is 5.56 Å². The predicted molar refractivity (Wildman–Crippen MR) is 88.5 cm³/mol. The van der Waals surface area contributed by atoms with Crippen LogP contribution in [0.5, 0.6) is 0 Å². The lowest BCUT2D eigenvalue weighted by Crippen LogP contribution is -2.07. The van der Waals surface area contributed by atoms with Crippen LogP contribution in [0.4, 0.5) is 5.95 Å². The fourth-order valence-corrected chi connectivity index (χ4v) is 2.24. The van der Waals surface area contributed by atoms with Gasteiger partial charge in [0, 0.05) is 36.9 Å². The number of hydrogen-bond acceptors (Lipinski definition) is 5. The third-order valence-corrected chi connectivity index (χ3v) is 3.54. The van der Waals surface area contributed by atoms with Crippen LogP contribution in [0, 0.1) is 0 Å². The van der Waals surface area contributed by atoms with E-state index in [1.54, 1.807) is 36.7 Å². The maximum atomic E-state index is 12.4. The Balaban J connectivity index is 1.70. The van der Waals surface area contributed by atoms with Crippen molar-refractivity contribution in [2.75, 3.05) is 5.32 Å². The Morgan fingerprint density at radius 3 is 2.52 bits per heavy atom. The molecular formula is C17H13ClN4O. The SMILES string of the molecule is O=C(c1cnc(NCc2cccnc2)nc1)c1ccccc1Cl. The van der Waals surface area contributed by atoms with Crippen molar-refractivity contribution in [1.82, 2.24) is 15.0 Å². The molecule has 3 rings (SSSR count). The summed E-state index contributed by atoms with van der Waals surface area (Å²) in [5.74, 6) is 0.249. The van der Waals surface area contributed by atoms with Gasteiger partial charge in [-0.2, -0.15) is 0 Å². The quantitative estimate of drug-likeness (QED) is 0.729. The fourth-order valence-electron chi connectivity index (χ4n) is 2.02. The standard InChI is InChI=1S/C17H13ClN4O/c18-15-6-2-1-5-14(15)16(23)13-10-21-17(22-11-13)20-9-12-4-3-7-19-8-12/h1-8,10-11H,9H2,(H,20,21,22). The van der Waals surface area contributed by atoms with Gasteiger partial charge in [0.05, 0.1) is 10.6 Å². The third kappa shape index (κ3) is 3.70. The van der Waals surface area contributed by atoms with E-state index in [9.17, 15) is 4.79 Å². The topological polar surface area (TPSA) is 67.8 Å². The van der Waals surface area contributed by atoms with Crippen molar-refractivity contribution in [3.05, 3.63) is 82.9 Å². The van der Waals surface area contributed by atoms with Crippen LogP contribution in [0.3, 0.4) is 0 Å². The number of anilines is 1. The van der Waals surface area contributed by atoms with Gasteiger partial charge in [0.2, 0.25) is 5.95 Å². The molecule has 0 aliphatic rings. The molecule has 5 nitrogen and oxygen atoms in total. The van der Waals surface area contributed by atoms with Crippen molar-refractivity contribution in [3.8, 4) is 0 Å². The van der Waals surface area contributed by atoms with Crippen LogP contribution < -0.4 is 5.32 Å². The summed E-state index contributed by atoms with van der Waals surface area (Å²) in [4.78, 5) is 24.7. The van der Waals surface area contributed by atoms with Crippen LogP contribution in [-0.4, -0.2) is 20.7 Å². The minimum atomic E-state index is -0.200. The number of rotatable bonds is 5. The summed E-state index contributed by atoms with van der Waals surface area (Å²) in [6, 6.07) is 10.7. The Morgan fingerprint density at radius 2 is 1.83 bits per heavy atom. The van der Waals surface area contributed by atoms with Crippen molar-refractivity contribution < 1.29 is 4.79 Å². The molecule has 0 aliphatic carbocycles. The highest BCUT2D eigenvalue weighted by atomic mass is 35.5. The van der Waals surface area contributed by atoms with Crippen molar-refractivity contribution in [2.24, 2.45) is 0 Å². The number of nitrogens with zero attached hydrogens (tertiary/aromatic N) is 3. The molecule has 0 amide bonds. The highest BCUT2D eigenvalue weighted by molar-refractivity contribution is 6.34. The van der Waals surface area contributed by atoms with E-state index in [0.29, 0.717) is 28.6 Å². The average Bonchev–Trinajstić information content (AvgIpc) is 2.61. The van der Waals surface area contributed by atoms with Crippen molar-refractivity contribution >= 4 is 23.3 Å². The summed E-state index contributed by atoms with van der Waals surface area (Å²) in [6.07, 6.45) is 6.46. The molecule has 0 bridgehead atoms. The van der Waals surface area contributed by atoms with Crippen LogP contribution in [0.25, 0.3) is 0 Å². The summed E-state index contributed by atoms with van der Waals surface area (Å²) in [5.41, 5.74) is 1.85. The van der Waals surface area contributed by atoms with Crippen molar-refractivity contribution in [2.45, 2.75) is 6.54 Å². The van der Waals surface area contributed by atoms with E-state index in [4.69, 9.17) is 11.6 Å². The third-order valence-electron chi connectivity index (χ3n) is 3.21. The smallest absolute Gasteiger partial charge is 0.222 e. The van der Waals surface area contributed by atoms with E-state index < -0.39 is 0 Å². The molecule has 0 unspecified atom stereocenters. The minimum Gasteiger partial charge on any atom is -0.350 e. The lowest BCUT2D eigenvalue weighted by atomic mass is 10.1. The van der Waals surface area contributed by atoms with E-state index in [1.807, 2.05) is 12.1 Å². The van der Waals surface area contributed by atoms with Gasteiger partial charge in [-0.1, -0.05) is 29.8 Å². The summed E-state index contributed by atoms with van der Waals surface area (Å²) in [6.45, 7) is 0.561. The lowest BCUT2D eigenvalue weighted by molar-refractivity contribution is 0.103. The molecule has 0 saturated heterocycles. The number of aromatic nitrogens is 3. The Hall–Kier alpha value is -2.79. The zero-order valence-corrected chi connectivity index (χ0v) is 12.9. The molecule has 0 atom stereocenters. The number of halogens is 1. The molecule has 2 heterocycles. The lowest BCUT2D eigenvalue weighted by Gasteiger charge is -2.06. The normalized spacial score (nSPS) is 10.3. The van der Waals surface area contributed by atoms with Gasteiger partial charge >= 0.3 is 0 Å². The van der Waals surface area contributed by atoms with Crippen molar-refractivity contribution in [3.63, 3.8) is 0 Å². The number of hydrogen-bond donors (Lipinski definition) is 1. The van der Waals surface area contributed by atoms with Crippen LogP contribution in [0.2, 0.25) is 5.02 Å². The number of nitrogens with one attached hydrogen (secondary N) is 1. The number of carbonyl (C=O) groups is 1. The van der Waals surface area contributed by atoms with Gasteiger partial charge in [0.15, 0.2) is 5.78 Å². The molecule has 0 radical (unpaired) electrons. The summed E-state index contributed by atoms with van der Waals surface area (Å²) < 4.78 is 0. The Labute approximate surface area is 138 Å².